The van der Waals surface area contributed by atoms with E-state index in [4.69, 9.17) is 9.72 Å². The summed E-state index contributed by atoms with van der Waals surface area (Å²) >= 11 is 0. The van der Waals surface area contributed by atoms with E-state index in [0.717, 1.165) is 29.8 Å². The summed E-state index contributed by atoms with van der Waals surface area (Å²) in [5, 5.41) is 4.17. The van der Waals surface area contributed by atoms with E-state index in [1.165, 1.54) is 0 Å². The highest BCUT2D eigenvalue weighted by Crippen LogP contribution is 2.29. The van der Waals surface area contributed by atoms with Crippen LogP contribution >= 0.6 is 0 Å². The lowest BCUT2D eigenvalue weighted by molar-refractivity contribution is 0.0705. The van der Waals surface area contributed by atoms with Crippen LogP contribution in [0.5, 0.6) is 11.6 Å². The highest BCUT2D eigenvalue weighted by atomic mass is 16.5. The predicted molar refractivity (Wildman–Crippen MR) is 123 cm³/mol. The van der Waals surface area contributed by atoms with E-state index >= 15 is 0 Å². The average Bonchev–Trinajstić information content (AvgIpc) is 3.41. The summed E-state index contributed by atoms with van der Waals surface area (Å²) in [5.41, 5.74) is 2.44. The van der Waals surface area contributed by atoms with Gasteiger partial charge in [0.2, 0.25) is 5.88 Å². The van der Waals surface area contributed by atoms with Gasteiger partial charge >= 0.3 is 0 Å². The summed E-state index contributed by atoms with van der Waals surface area (Å²) in [6, 6.07) is 13.2. The Morgan fingerprint density at radius 3 is 2.79 bits per heavy atom. The van der Waals surface area contributed by atoms with Crippen molar-refractivity contribution in [2.45, 2.75) is 25.7 Å². The summed E-state index contributed by atoms with van der Waals surface area (Å²) in [4.78, 5) is 28.4. The molecular weight excluding hydrogens is 416 g/mol. The lowest BCUT2D eigenvalue weighted by Gasteiger charge is -2.32. The molecule has 0 unspecified atom stereocenters. The maximum absolute atomic E-state index is 13.1. The van der Waals surface area contributed by atoms with Crippen LogP contribution in [0.25, 0.3) is 5.82 Å². The number of pyridine rings is 1. The van der Waals surface area contributed by atoms with Gasteiger partial charge < -0.3 is 9.64 Å². The molecule has 8 nitrogen and oxygen atoms in total. The molecule has 1 saturated heterocycles. The van der Waals surface area contributed by atoms with Crippen LogP contribution in [0.15, 0.2) is 73.4 Å². The van der Waals surface area contributed by atoms with E-state index < -0.39 is 0 Å². The molecule has 0 saturated carbocycles. The van der Waals surface area contributed by atoms with Gasteiger partial charge in [-0.3, -0.25) is 9.78 Å². The molecule has 0 N–H and O–H groups in total. The van der Waals surface area contributed by atoms with Crippen molar-refractivity contribution in [3.8, 4) is 17.4 Å². The Morgan fingerprint density at radius 2 is 2.00 bits per heavy atom. The fourth-order valence-corrected chi connectivity index (χ4v) is 4.03. The van der Waals surface area contributed by atoms with Crippen LogP contribution in [0, 0.1) is 6.92 Å². The van der Waals surface area contributed by atoms with Crippen LogP contribution < -0.4 is 4.74 Å². The van der Waals surface area contributed by atoms with E-state index in [0.29, 0.717) is 30.4 Å². The molecule has 1 aliphatic heterocycles. The Labute approximate surface area is 191 Å². The van der Waals surface area contributed by atoms with Crippen molar-refractivity contribution in [2.24, 2.45) is 0 Å². The van der Waals surface area contributed by atoms with Gasteiger partial charge in [0.05, 0.1) is 17.5 Å². The van der Waals surface area contributed by atoms with E-state index in [1.54, 1.807) is 41.6 Å². The molecule has 1 amide bonds. The molecule has 166 valence electrons. The van der Waals surface area contributed by atoms with E-state index in [2.05, 4.69) is 15.1 Å². The number of ether oxygens (including phenoxy) is 1. The van der Waals surface area contributed by atoms with Crippen LogP contribution in [-0.2, 0) is 0 Å². The first-order valence-electron chi connectivity index (χ1n) is 11.0. The molecule has 33 heavy (non-hydrogen) atoms. The Morgan fingerprint density at radius 1 is 1.09 bits per heavy atom. The molecule has 1 aromatic carbocycles. The first-order valence-corrected chi connectivity index (χ1v) is 11.0. The molecule has 3 aromatic heterocycles. The quantitative estimate of drug-likeness (QED) is 0.463. The summed E-state index contributed by atoms with van der Waals surface area (Å²) in [6.45, 7) is 3.29. The Kier molecular flexibility index (Phi) is 5.80. The second-order valence-corrected chi connectivity index (χ2v) is 8.10. The molecule has 1 atom stereocenters. The number of carbonyl (C=O) groups is 1. The maximum Gasteiger partial charge on any atom is 0.255 e. The van der Waals surface area contributed by atoms with Gasteiger partial charge in [-0.05, 0) is 49.6 Å². The number of benzene rings is 1. The number of para-hydroxylation sites is 1. The second kappa shape index (κ2) is 9.20. The molecule has 8 heteroatoms. The minimum Gasteiger partial charge on any atom is -0.437 e. The largest absolute Gasteiger partial charge is 0.437 e. The SMILES string of the molecule is Cc1ccccc1Oc1cncc([C@H]2CCCN(C(=O)c3ccc(-n4cccn4)nc3)C2)n1. The van der Waals surface area contributed by atoms with E-state index in [-0.39, 0.29) is 11.8 Å². The summed E-state index contributed by atoms with van der Waals surface area (Å²) in [6.07, 6.45) is 10.4. The normalized spacial score (nSPS) is 15.9. The van der Waals surface area contributed by atoms with Crippen LogP contribution in [0.1, 0.15) is 40.4 Å². The molecule has 0 bridgehead atoms. The fraction of sp³-hybridized carbons (Fsp3) is 0.240. The number of aryl methyl sites for hydroxylation is 1. The molecule has 0 aliphatic carbocycles. The summed E-state index contributed by atoms with van der Waals surface area (Å²) in [5.74, 6) is 1.97. The Hall–Kier alpha value is -4.07. The lowest BCUT2D eigenvalue weighted by atomic mass is 9.94. The molecule has 0 spiro atoms. The van der Waals surface area contributed by atoms with Crippen molar-refractivity contribution in [1.82, 2.24) is 29.6 Å². The number of carbonyl (C=O) groups excluding carboxylic acids is 1. The van der Waals surface area contributed by atoms with Crippen LogP contribution in [-0.4, -0.2) is 48.6 Å². The van der Waals surface area contributed by atoms with Crippen molar-refractivity contribution < 1.29 is 9.53 Å². The zero-order chi connectivity index (χ0) is 22.6. The highest BCUT2D eigenvalue weighted by molar-refractivity contribution is 5.94. The molecule has 5 rings (SSSR count). The third-order valence-corrected chi connectivity index (χ3v) is 5.80. The molecule has 4 aromatic rings. The first-order chi connectivity index (χ1) is 16.2. The summed E-state index contributed by atoms with van der Waals surface area (Å²) in [7, 11) is 0. The van der Waals surface area contributed by atoms with Crippen molar-refractivity contribution >= 4 is 5.91 Å². The van der Waals surface area contributed by atoms with Crippen molar-refractivity contribution in [2.75, 3.05) is 13.1 Å². The number of hydrogen-bond acceptors (Lipinski definition) is 6. The van der Waals surface area contributed by atoms with E-state index in [1.807, 2.05) is 48.4 Å². The smallest absolute Gasteiger partial charge is 0.255 e. The van der Waals surface area contributed by atoms with Gasteiger partial charge in [-0.15, -0.1) is 0 Å². The Balaban J connectivity index is 1.29. The third-order valence-electron chi connectivity index (χ3n) is 5.80. The second-order valence-electron chi connectivity index (χ2n) is 8.10. The molecule has 1 fully saturated rings. The fourth-order valence-electron chi connectivity index (χ4n) is 4.03. The van der Waals surface area contributed by atoms with Gasteiger partial charge in [-0.25, -0.2) is 14.6 Å². The van der Waals surface area contributed by atoms with Crippen molar-refractivity contribution in [1.29, 1.82) is 0 Å². The van der Waals surface area contributed by atoms with Gasteiger partial charge in [0, 0.05) is 43.8 Å². The molecule has 1 aliphatic rings. The van der Waals surface area contributed by atoms with Gasteiger partial charge in [0.25, 0.3) is 5.91 Å². The number of likely N-dealkylation sites (tertiary alicyclic amines) is 1. The van der Waals surface area contributed by atoms with Gasteiger partial charge in [0.15, 0.2) is 5.82 Å². The lowest BCUT2D eigenvalue weighted by Crippen LogP contribution is -2.39. The van der Waals surface area contributed by atoms with Crippen molar-refractivity contribution in [3.05, 3.63) is 90.3 Å². The number of piperidine rings is 1. The predicted octanol–water partition coefficient (Wildman–Crippen LogP) is 4.18. The number of nitrogens with zero attached hydrogens (tertiary/aromatic N) is 6. The zero-order valence-corrected chi connectivity index (χ0v) is 18.3. The summed E-state index contributed by atoms with van der Waals surface area (Å²) < 4.78 is 7.62. The first kappa shape index (κ1) is 20.8. The molecule has 0 radical (unpaired) electrons. The van der Waals surface area contributed by atoms with Crippen LogP contribution in [0.2, 0.25) is 0 Å². The van der Waals surface area contributed by atoms with Crippen LogP contribution in [0.3, 0.4) is 0 Å². The van der Waals surface area contributed by atoms with Crippen molar-refractivity contribution in [3.63, 3.8) is 0 Å². The van der Waals surface area contributed by atoms with Gasteiger partial charge in [-0.2, -0.15) is 5.10 Å². The van der Waals surface area contributed by atoms with Gasteiger partial charge in [0.1, 0.15) is 5.75 Å². The van der Waals surface area contributed by atoms with E-state index in [9.17, 15) is 4.79 Å². The topological polar surface area (TPSA) is 86.0 Å². The zero-order valence-electron chi connectivity index (χ0n) is 18.3. The number of amides is 1. The third kappa shape index (κ3) is 4.59. The monoisotopic (exact) mass is 440 g/mol. The number of hydrogen-bond donors (Lipinski definition) is 0. The standard InChI is InChI=1S/C25H24N6O2/c1-18-6-2-3-8-22(18)33-24-16-26-15-21(29-24)20-7-4-12-30(17-20)25(32)19-9-10-23(27-14-19)31-13-5-11-28-31/h2-3,5-6,8-11,13-16,20H,4,7,12,17H2,1H3/t20-/m0/s1. The van der Waals surface area contributed by atoms with Crippen LogP contribution in [0.4, 0.5) is 0 Å². The maximum atomic E-state index is 13.1. The van der Waals surface area contributed by atoms with Gasteiger partial charge in [-0.1, -0.05) is 18.2 Å². The number of aromatic nitrogens is 5. The number of rotatable bonds is 5. The Bertz CT molecular complexity index is 1240. The highest BCUT2D eigenvalue weighted by Gasteiger charge is 2.27. The molecular formula is C25H24N6O2. The minimum absolute atomic E-state index is 0.0283. The minimum atomic E-state index is -0.0283. The molecule has 4 heterocycles. The average molecular weight is 441 g/mol.